The van der Waals surface area contributed by atoms with Crippen molar-refractivity contribution in [2.24, 2.45) is 5.92 Å². The van der Waals surface area contributed by atoms with E-state index >= 15 is 0 Å². The van der Waals surface area contributed by atoms with Crippen LogP contribution in [0.15, 0.2) is 0 Å². The van der Waals surface area contributed by atoms with Crippen molar-refractivity contribution in [3.05, 3.63) is 0 Å². The molecule has 0 bridgehead atoms. The van der Waals surface area contributed by atoms with Crippen molar-refractivity contribution in [2.75, 3.05) is 59.5 Å². The van der Waals surface area contributed by atoms with Crippen molar-refractivity contribution >= 4 is 5.97 Å². The summed E-state index contributed by atoms with van der Waals surface area (Å²) in [6, 6.07) is 0. The molecule has 0 aromatic heterocycles. The van der Waals surface area contributed by atoms with Gasteiger partial charge in [-0.05, 0) is 25.2 Å². The van der Waals surface area contributed by atoms with Gasteiger partial charge >= 0.3 is 5.97 Å². The lowest BCUT2D eigenvalue weighted by Crippen LogP contribution is -2.12. The maximum absolute atomic E-state index is 11.9. The molecular formula is C38H76O6. The largest absolute Gasteiger partial charge is 0.466 e. The minimum Gasteiger partial charge on any atom is -0.466 e. The number of esters is 1. The summed E-state index contributed by atoms with van der Waals surface area (Å²) in [5, 5.41) is 0. The Balaban J connectivity index is 3.14. The first-order valence-corrected chi connectivity index (χ1v) is 19.1. The predicted octanol–water partition coefficient (Wildman–Crippen LogP) is 10.6. The molecule has 6 nitrogen and oxygen atoms in total. The van der Waals surface area contributed by atoms with Gasteiger partial charge in [-0.25, -0.2) is 0 Å². The molecule has 0 aromatic rings. The fraction of sp³-hybridized carbons (Fsp3) is 0.974. The average molecular weight is 629 g/mol. The van der Waals surface area contributed by atoms with Crippen molar-refractivity contribution in [1.29, 1.82) is 0 Å². The number of hydrogen-bond acceptors (Lipinski definition) is 6. The molecule has 0 aliphatic rings. The van der Waals surface area contributed by atoms with E-state index in [0.29, 0.717) is 65.7 Å². The highest BCUT2D eigenvalue weighted by molar-refractivity contribution is 5.69. The van der Waals surface area contributed by atoms with Crippen LogP contribution in [-0.2, 0) is 28.5 Å². The summed E-state index contributed by atoms with van der Waals surface area (Å²) in [6.45, 7) is 12.3. The number of carbonyl (C=O) groups is 1. The molecule has 0 aliphatic heterocycles. The lowest BCUT2D eigenvalue weighted by molar-refractivity contribution is -0.144. The molecule has 264 valence electrons. The monoisotopic (exact) mass is 629 g/mol. The number of carbonyl (C=O) groups excluding carboxylic acids is 1. The SMILES string of the molecule is CCCCCCCCCCOCCOCCOCCOCCCC(=O)OCCCCCCCCCCCCCCCC(C)C. The molecule has 6 heteroatoms. The van der Waals surface area contributed by atoms with Gasteiger partial charge < -0.3 is 23.7 Å². The van der Waals surface area contributed by atoms with Crippen LogP contribution < -0.4 is 0 Å². The van der Waals surface area contributed by atoms with Crippen LogP contribution in [0.25, 0.3) is 0 Å². The highest BCUT2D eigenvalue weighted by atomic mass is 16.6. The third kappa shape index (κ3) is 39.3. The Hall–Kier alpha value is -0.690. The van der Waals surface area contributed by atoms with Crippen LogP contribution >= 0.6 is 0 Å². The van der Waals surface area contributed by atoms with Gasteiger partial charge in [0.25, 0.3) is 0 Å². The second-order valence-corrected chi connectivity index (χ2v) is 13.0. The molecule has 0 N–H and O–H groups in total. The zero-order chi connectivity index (χ0) is 32.0. The van der Waals surface area contributed by atoms with Crippen LogP contribution in [0.3, 0.4) is 0 Å². The summed E-state index contributed by atoms with van der Waals surface area (Å²) in [5.74, 6) is 0.753. The van der Waals surface area contributed by atoms with Crippen LogP contribution in [-0.4, -0.2) is 65.4 Å². The fourth-order valence-electron chi connectivity index (χ4n) is 5.28. The summed E-state index contributed by atoms with van der Waals surface area (Å²) in [7, 11) is 0. The Labute approximate surface area is 274 Å². The third-order valence-electron chi connectivity index (χ3n) is 8.12. The Bertz CT molecular complexity index is 541. The van der Waals surface area contributed by atoms with Gasteiger partial charge in [0.15, 0.2) is 0 Å². The van der Waals surface area contributed by atoms with Crippen molar-refractivity contribution in [2.45, 2.75) is 175 Å². The summed E-state index contributed by atoms with van der Waals surface area (Å²) in [5.41, 5.74) is 0. The minimum absolute atomic E-state index is 0.108. The normalized spacial score (nSPS) is 11.5. The van der Waals surface area contributed by atoms with Gasteiger partial charge in [-0.2, -0.15) is 0 Å². The Morgan fingerprint density at radius 2 is 0.750 bits per heavy atom. The molecule has 0 fully saturated rings. The van der Waals surface area contributed by atoms with Crippen molar-refractivity contribution in [3.63, 3.8) is 0 Å². The van der Waals surface area contributed by atoms with Crippen LogP contribution in [0.4, 0.5) is 0 Å². The van der Waals surface area contributed by atoms with E-state index in [-0.39, 0.29) is 5.97 Å². The Morgan fingerprint density at radius 3 is 1.18 bits per heavy atom. The zero-order valence-electron chi connectivity index (χ0n) is 29.9. The van der Waals surface area contributed by atoms with Crippen LogP contribution in [0.5, 0.6) is 0 Å². The molecular weight excluding hydrogens is 552 g/mol. The highest BCUT2D eigenvalue weighted by Crippen LogP contribution is 2.14. The van der Waals surface area contributed by atoms with Crippen molar-refractivity contribution in [1.82, 2.24) is 0 Å². The van der Waals surface area contributed by atoms with E-state index in [4.69, 9.17) is 23.7 Å². The highest BCUT2D eigenvalue weighted by Gasteiger charge is 2.03. The van der Waals surface area contributed by atoms with Gasteiger partial charge in [0, 0.05) is 19.6 Å². The fourth-order valence-corrected chi connectivity index (χ4v) is 5.28. The molecule has 0 atom stereocenters. The maximum Gasteiger partial charge on any atom is 0.305 e. The molecule has 44 heavy (non-hydrogen) atoms. The lowest BCUT2D eigenvalue weighted by atomic mass is 10.0. The molecule has 0 saturated carbocycles. The number of unbranched alkanes of at least 4 members (excludes halogenated alkanes) is 19. The standard InChI is InChI=1S/C38H76O6/c1-4-5-6-7-8-17-20-23-28-40-31-33-42-35-36-43-34-32-41-29-25-27-38(39)44-30-24-21-18-15-13-11-9-10-12-14-16-19-22-26-37(2)3/h37H,4-36H2,1-3H3. The zero-order valence-corrected chi connectivity index (χ0v) is 29.9. The van der Waals surface area contributed by atoms with Gasteiger partial charge in [-0.3, -0.25) is 4.79 Å². The molecule has 0 saturated heterocycles. The quantitative estimate of drug-likeness (QED) is 0.0501. The summed E-state index contributed by atoms with van der Waals surface area (Å²) < 4.78 is 27.6. The van der Waals surface area contributed by atoms with E-state index in [1.807, 2.05) is 0 Å². The number of hydrogen-bond donors (Lipinski definition) is 0. The van der Waals surface area contributed by atoms with Crippen LogP contribution in [0, 0.1) is 5.92 Å². The van der Waals surface area contributed by atoms with Gasteiger partial charge in [0.05, 0.1) is 46.2 Å². The minimum atomic E-state index is -0.108. The topological polar surface area (TPSA) is 63.2 Å². The smallest absolute Gasteiger partial charge is 0.305 e. The van der Waals surface area contributed by atoms with Gasteiger partial charge in [0.1, 0.15) is 0 Å². The summed E-state index contributed by atoms with van der Waals surface area (Å²) in [4.78, 5) is 11.9. The molecule has 0 aromatic carbocycles. The first-order valence-electron chi connectivity index (χ1n) is 19.1. The van der Waals surface area contributed by atoms with Crippen molar-refractivity contribution < 1.29 is 28.5 Å². The predicted molar refractivity (Wildman–Crippen MR) is 186 cm³/mol. The maximum atomic E-state index is 11.9. The van der Waals surface area contributed by atoms with E-state index in [0.717, 1.165) is 31.8 Å². The van der Waals surface area contributed by atoms with E-state index in [1.165, 1.54) is 122 Å². The van der Waals surface area contributed by atoms with Gasteiger partial charge in [-0.1, -0.05) is 149 Å². The molecule has 0 unspecified atom stereocenters. The van der Waals surface area contributed by atoms with E-state index in [9.17, 15) is 4.79 Å². The number of ether oxygens (including phenoxy) is 5. The lowest BCUT2D eigenvalue weighted by Gasteiger charge is -2.08. The molecule has 0 radical (unpaired) electrons. The van der Waals surface area contributed by atoms with Crippen LogP contribution in [0.2, 0.25) is 0 Å². The second kappa shape index (κ2) is 38.5. The number of rotatable bonds is 38. The molecule has 0 aliphatic carbocycles. The molecule has 0 rings (SSSR count). The van der Waals surface area contributed by atoms with E-state index < -0.39 is 0 Å². The summed E-state index contributed by atoms with van der Waals surface area (Å²) in [6.07, 6.45) is 30.4. The Morgan fingerprint density at radius 1 is 0.409 bits per heavy atom. The first kappa shape index (κ1) is 43.3. The summed E-state index contributed by atoms with van der Waals surface area (Å²) >= 11 is 0. The van der Waals surface area contributed by atoms with E-state index in [1.54, 1.807) is 0 Å². The van der Waals surface area contributed by atoms with Gasteiger partial charge in [0.2, 0.25) is 0 Å². The first-order chi connectivity index (χ1) is 21.7. The van der Waals surface area contributed by atoms with Gasteiger partial charge in [-0.15, -0.1) is 0 Å². The average Bonchev–Trinajstić information content (AvgIpc) is 3.01. The molecule has 0 spiro atoms. The third-order valence-corrected chi connectivity index (χ3v) is 8.12. The van der Waals surface area contributed by atoms with Crippen LogP contribution in [0.1, 0.15) is 175 Å². The molecule has 0 amide bonds. The second-order valence-electron chi connectivity index (χ2n) is 13.0. The van der Waals surface area contributed by atoms with E-state index in [2.05, 4.69) is 20.8 Å². The Kier molecular flexibility index (Phi) is 37.9. The van der Waals surface area contributed by atoms with Crippen molar-refractivity contribution in [3.8, 4) is 0 Å². The molecule has 0 heterocycles.